The van der Waals surface area contributed by atoms with Crippen LogP contribution in [0.15, 0.2) is 6.20 Å². The fourth-order valence-corrected chi connectivity index (χ4v) is 2.19. The lowest BCUT2D eigenvalue weighted by Crippen LogP contribution is -2.04. The van der Waals surface area contributed by atoms with Crippen molar-refractivity contribution in [1.29, 1.82) is 0 Å². The summed E-state index contributed by atoms with van der Waals surface area (Å²) in [5.41, 5.74) is 0. The summed E-state index contributed by atoms with van der Waals surface area (Å²) in [6.07, 6.45) is 1.66. The van der Waals surface area contributed by atoms with Crippen LogP contribution in [0.2, 0.25) is 5.15 Å². The minimum atomic E-state index is 0.244. The lowest BCUT2D eigenvalue weighted by atomic mass is 10.2. The van der Waals surface area contributed by atoms with Crippen LogP contribution in [0.3, 0.4) is 0 Å². The summed E-state index contributed by atoms with van der Waals surface area (Å²) in [7, 11) is 1.90. The van der Waals surface area contributed by atoms with Crippen LogP contribution in [-0.4, -0.2) is 27.0 Å². The van der Waals surface area contributed by atoms with Crippen molar-refractivity contribution in [3.05, 3.63) is 17.2 Å². The Kier molecular flexibility index (Phi) is 4.78. The van der Waals surface area contributed by atoms with Gasteiger partial charge in [0.15, 0.2) is 0 Å². The summed E-state index contributed by atoms with van der Waals surface area (Å²) >= 11 is 7.61. The summed E-state index contributed by atoms with van der Waals surface area (Å²) in [6.45, 7) is 2.27. The molecule has 0 saturated carbocycles. The number of thioether (sulfide) groups is 1. The molecule has 1 aromatic heterocycles. The highest BCUT2D eigenvalue weighted by Gasteiger charge is 2.05. The van der Waals surface area contributed by atoms with Gasteiger partial charge in [-0.3, -0.25) is 0 Å². The van der Waals surface area contributed by atoms with Gasteiger partial charge in [0.05, 0.1) is 11.9 Å². The highest BCUT2D eigenvalue weighted by atomic mass is 35.5. The van der Waals surface area contributed by atoms with Gasteiger partial charge in [-0.05, 0) is 11.7 Å². The molecule has 0 amide bonds. The van der Waals surface area contributed by atoms with Gasteiger partial charge in [-0.25, -0.2) is 4.98 Å². The molecule has 0 spiro atoms. The van der Waals surface area contributed by atoms with Gasteiger partial charge in [0.1, 0.15) is 11.0 Å². The summed E-state index contributed by atoms with van der Waals surface area (Å²) in [5.74, 6) is 3.11. The van der Waals surface area contributed by atoms with Crippen molar-refractivity contribution in [3.8, 4) is 0 Å². The van der Waals surface area contributed by atoms with Crippen molar-refractivity contribution in [2.45, 2.75) is 12.7 Å². The second-order valence-electron chi connectivity index (χ2n) is 3.36. The average molecular weight is 235 g/mol. The smallest absolute Gasteiger partial charge is 0.128 e. The van der Waals surface area contributed by atoms with Crippen LogP contribution in [0, 0.1) is 5.92 Å². The van der Waals surface area contributed by atoms with E-state index in [0.717, 1.165) is 17.3 Å². The van der Waals surface area contributed by atoms with E-state index in [1.807, 2.05) is 18.5 Å². The van der Waals surface area contributed by atoms with Crippen molar-refractivity contribution >= 4 is 23.4 Å². The minimum absolute atomic E-state index is 0.244. The third-order valence-corrected chi connectivity index (χ3v) is 3.59. The molecule has 0 aliphatic rings. The van der Waals surface area contributed by atoms with Crippen molar-refractivity contribution in [2.75, 3.05) is 12.4 Å². The molecule has 0 aromatic carbocycles. The zero-order chi connectivity index (χ0) is 10.6. The summed E-state index contributed by atoms with van der Waals surface area (Å²) < 4.78 is 1.87. The quantitative estimate of drug-likeness (QED) is 0.846. The zero-order valence-corrected chi connectivity index (χ0v) is 9.98. The van der Waals surface area contributed by atoms with Crippen LogP contribution in [0.4, 0.5) is 0 Å². The van der Waals surface area contributed by atoms with E-state index in [1.165, 1.54) is 0 Å². The van der Waals surface area contributed by atoms with E-state index < -0.39 is 0 Å². The van der Waals surface area contributed by atoms with Gasteiger partial charge in [-0.1, -0.05) is 18.5 Å². The van der Waals surface area contributed by atoms with Crippen LogP contribution in [0.25, 0.3) is 0 Å². The van der Waals surface area contributed by atoms with Gasteiger partial charge in [0, 0.05) is 13.7 Å². The second kappa shape index (κ2) is 5.63. The Morgan fingerprint density at radius 1 is 1.71 bits per heavy atom. The maximum absolute atomic E-state index is 8.84. The minimum Gasteiger partial charge on any atom is -0.396 e. The highest BCUT2D eigenvalue weighted by Crippen LogP contribution is 2.16. The van der Waals surface area contributed by atoms with Crippen molar-refractivity contribution in [3.63, 3.8) is 0 Å². The molecule has 14 heavy (non-hydrogen) atoms. The van der Waals surface area contributed by atoms with Crippen LogP contribution in [0.5, 0.6) is 0 Å². The first kappa shape index (κ1) is 11.9. The van der Waals surface area contributed by atoms with E-state index in [9.17, 15) is 0 Å². The lowest BCUT2D eigenvalue weighted by molar-refractivity contribution is 0.250. The molecule has 3 nitrogen and oxygen atoms in total. The highest BCUT2D eigenvalue weighted by molar-refractivity contribution is 7.98. The predicted octanol–water partition coefficient (Wildman–Crippen LogP) is 1.94. The number of hydrogen-bond donors (Lipinski definition) is 1. The predicted molar refractivity (Wildman–Crippen MR) is 60.6 cm³/mol. The number of nitrogens with zero attached hydrogens (tertiary/aromatic N) is 2. The fourth-order valence-electron chi connectivity index (χ4n) is 0.962. The molecular weight excluding hydrogens is 220 g/mol. The lowest BCUT2D eigenvalue weighted by Gasteiger charge is -2.06. The molecule has 5 heteroatoms. The fraction of sp³-hybridized carbons (Fsp3) is 0.667. The van der Waals surface area contributed by atoms with Gasteiger partial charge >= 0.3 is 0 Å². The maximum atomic E-state index is 8.84. The molecule has 80 valence electrons. The first-order valence-electron chi connectivity index (χ1n) is 4.49. The number of aromatic nitrogens is 2. The van der Waals surface area contributed by atoms with E-state index >= 15 is 0 Å². The zero-order valence-electron chi connectivity index (χ0n) is 8.40. The van der Waals surface area contributed by atoms with E-state index in [-0.39, 0.29) is 6.61 Å². The van der Waals surface area contributed by atoms with Crippen LogP contribution in [-0.2, 0) is 12.8 Å². The number of imidazole rings is 1. The number of halogens is 1. The number of aliphatic hydroxyl groups excluding tert-OH is 1. The van der Waals surface area contributed by atoms with E-state index in [4.69, 9.17) is 16.7 Å². The Balaban J connectivity index is 2.35. The Morgan fingerprint density at radius 3 is 2.93 bits per heavy atom. The van der Waals surface area contributed by atoms with Crippen molar-refractivity contribution < 1.29 is 5.11 Å². The summed E-state index contributed by atoms with van der Waals surface area (Å²) in [4.78, 5) is 4.19. The maximum Gasteiger partial charge on any atom is 0.128 e. The van der Waals surface area contributed by atoms with Gasteiger partial charge in [-0.2, -0.15) is 11.8 Å². The SMILES string of the molecule is CC(CO)CSCc1ncc(Cl)n1C. The van der Waals surface area contributed by atoms with E-state index in [0.29, 0.717) is 11.1 Å². The molecule has 0 bridgehead atoms. The normalized spacial score (nSPS) is 13.1. The van der Waals surface area contributed by atoms with Gasteiger partial charge in [0.25, 0.3) is 0 Å². The van der Waals surface area contributed by atoms with E-state index in [2.05, 4.69) is 4.98 Å². The molecular formula is C9H15ClN2OS. The largest absolute Gasteiger partial charge is 0.396 e. The molecule has 0 aliphatic heterocycles. The number of hydrogen-bond acceptors (Lipinski definition) is 3. The Morgan fingerprint density at radius 2 is 2.43 bits per heavy atom. The molecule has 0 saturated heterocycles. The third kappa shape index (κ3) is 3.19. The van der Waals surface area contributed by atoms with Crippen molar-refractivity contribution in [2.24, 2.45) is 13.0 Å². The molecule has 1 N–H and O–H groups in total. The Labute approximate surface area is 93.5 Å². The van der Waals surface area contributed by atoms with E-state index in [1.54, 1.807) is 18.0 Å². The molecule has 0 radical (unpaired) electrons. The number of rotatable bonds is 5. The number of aliphatic hydroxyl groups is 1. The third-order valence-electron chi connectivity index (χ3n) is 1.97. The summed E-state index contributed by atoms with van der Waals surface area (Å²) in [6, 6.07) is 0. The van der Waals surface area contributed by atoms with Gasteiger partial charge in [-0.15, -0.1) is 0 Å². The molecule has 0 fully saturated rings. The van der Waals surface area contributed by atoms with Crippen LogP contribution in [0.1, 0.15) is 12.7 Å². The average Bonchev–Trinajstić information content (AvgIpc) is 2.49. The molecule has 1 atom stereocenters. The first-order valence-corrected chi connectivity index (χ1v) is 6.03. The van der Waals surface area contributed by atoms with Gasteiger partial charge < -0.3 is 9.67 Å². The topological polar surface area (TPSA) is 38.1 Å². The second-order valence-corrected chi connectivity index (χ2v) is 4.78. The monoisotopic (exact) mass is 234 g/mol. The van der Waals surface area contributed by atoms with Crippen LogP contribution < -0.4 is 0 Å². The first-order chi connectivity index (χ1) is 6.65. The van der Waals surface area contributed by atoms with Crippen LogP contribution >= 0.6 is 23.4 Å². The summed E-state index contributed by atoms with van der Waals surface area (Å²) in [5, 5.41) is 9.50. The Bertz CT molecular complexity index is 290. The van der Waals surface area contributed by atoms with Crippen molar-refractivity contribution in [1.82, 2.24) is 9.55 Å². The van der Waals surface area contributed by atoms with Gasteiger partial charge in [0.2, 0.25) is 0 Å². The molecule has 1 heterocycles. The Hall–Kier alpha value is -0.190. The molecule has 0 aliphatic carbocycles. The standard InChI is InChI=1S/C9H15ClN2OS/c1-7(4-13)5-14-6-9-11-3-8(10)12(9)2/h3,7,13H,4-6H2,1-2H3. The molecule has 1 aromatic rings. The molecule has 1 unspecified atom stereocenters. The molecule has 1 rings (SSSR count).